The van der Waals surface area contributed by atoms with Crippen LogP contribution in [0.3, 0.4) is 0 Å². The van der Waals surface area contributed by atoms with E-state index < -0.39 is 0 Å². The molecule has 0 bridgehead atoms. The first-order chi connectivity index (χ1) is 13.2. The van der Waals surface area contributed by atoms with Gasteiger partial charge in [0.15, 0.2) is 11.5 Å². The molecule has 0 saturated carbocycles. The van der Waals surface area contributed by atoms with Gasteiger partial charge >= 0.3 is 0 Å². The maximum atomic E-state index is 12.5. The van der Waals surface area contributed by atoms with Crippen molar-refractivity contribution in [3.8, 4) is 11.5 Å². The van der Waals surface area contributed by atoms with E-state index in [1.165, 1.54) is 0 Å². The van der Waals surface area contributed by atoms with Crippen molar-refractivity contribution in [2.75, 3.05) is 13.7 Å². The lowest BCUT2D eigenvalue weighted by atomic mass is 10.2. The highest BCUT2D eigenvalue weighted by Gasteiger charge is 2.06. The van der Waals surface area contributed by atoms with Gasteiger partial charge in [-0.25, -0.2) is 4.98 Å². The Morgan fingerprint density at radius 1 is 1.11 bits per heavy atom. The molecule has 5 heteroatoms. The zero-order valence-electron chi connectivity index (χ0n) is 15.7. The molecule has 0 aliphatic carbocycles. The van der Waals surface area contributed by atoms with Gasteiger partial charge in [0.25, 0.3) is 5.56 Å². The second-order valence-corrected chi connectivity index (χ2v) is 6.23. The third-order valence-corrected chi connectivity index (χ3v) is 4.33. The molecular weight excluding hydrogens is 340 g/mol. The molecule has 0 atom stereocenters. The van der Waals surface area contributed by atoms with Crippen LogP contribution in [0.1, 0.15) is 25.3 Å². The Hall–Kier alpha value is -3.08. The van der Waals surface area contributed by atoms with E-state index in [0.717, 1.165) is 35.4 Å². The normalized spacial score (nSPS) is 11.2. The van der Waals surface area contributed by atoms with Gasteiger partial charge in [-0.2, -0.15) is 0 Å². The van der Waals surface area contributed by atoms with E-state index in [4.69, 9.17) is 9.47 Å². The van der Waals surface area contributed by atoms with Crippen molar-refractivity contribution in [3.63, 3.8) is 0 Å². The number of rotatable bonds is 8. The van der Waals surface area contributed by atoms with Crippen molar-refractivity contribution in [3.05, 3.63) is 70.8 Å². The number of hydrogen-bond donors (Lipinski definition) is 0. The number of nitrogens with zero attached hydrogens (tertiary/aromatic N) is 2. The fourth-order valence-corrected chi connectivity index (χ4v) is 2.93. The molecule has 0 N–H and O–H groups in total. The van der Waals surface area contributed by atoms with Gasteiger partial charge < -0.3 is 9.47 Å². The Balaban J connectivity index is 1.54. The van der Waals surface area contributed by atoms with Crippen LogP contribution >= 0.6 is 0 Å². The van der Waals surface area contributed by atoms with Gasteiger partial charge in [-0.1, -0.05) is 30.4 Å². The maximum absolute atomic E-state index is 12.5. The van der Waals surface area contributed by atoms with Crippen LogP contribution in [0.4, 0.5) is 0 Å². The second-order valence-electron chi connectivity index (χ2n) is 6.23. The highest BCUT2D eigenvalue weighted by atomic mass is 16.5. The number of hydrogen-bond acceptors (Lipinski definition) is 4. The summed E-state index contributed by atoms with van der Waals surface area (Å²) in [5, 5.41) is 0.655. The van der Waals surface area contributed by atoms with Crippen LogP contribution in [0.25, 0.3) is 17.0 Å². The molecule has 1 aromatic heterocycles. The molecule has 0 fully saturated rings. The van der Waals surface area contributed by atoms with Crippen LogP contribution in [0, 0.1) is 0 Å². The lowest BCUT2D eigenvalue weighted by molar-refractivity contribution is 0.283. The van der Waals surface area contributed by atoms with Gasteiger partial charge in [-0.05, 0) is 49.6 Å². The summed E-state index contributed by atoms with van der Waals surface area (Å²) in [5.41, 5.74) is 1.81. The molecule has 0 radical (unpaired) electrons. The summed E-state index contributed by atoms with van der Waals surface area (Å²) >= 11 is 0. The number of para-hydroxylation sites is 1. The summed E-state index contributed by atoms with van der Waals surface area (Å²) in [6.07, 6.45) is 7.28. The molecule has 0 unspecified atom stereocenters. The molecule has 3 rings (SSSR count). The van der Waals surface area contributed by atoms with E-state index in [-0.39, 0.29) is 5.56 Å². The molecule has 0 amide bonds. The Kier molecular flexibility index (Phi) is 6.26. The predicted molar refractivity (Wildman–Crippen MR) is 108 cm³/mol. The minimum Gasteiger partial charge on any atom is -0.493 e. The molecule has 140 valence electrons. The van der Waals surface area contributed by atoms with E-state index in [1.54, 1.807) is 18.0 Å². The number of unbranched alkanes of at least 4 members (excludes halogenated alkanes) is 1. The van der Waals surface area contributed by atoms with E-state index in [1.807, 2.05) is 61.5 Å². The molecule has 0 saturated heterocycles. The number of aromatic nitrogens is 2. The SMILES string of the molecule is C/C=C\c1ccc(OCCCCn2cnc3ccccc3c2=O)c(OC)c1. The van der Waals surface area contributed by atoms with Crippen molar-refractivity contribution >= 4 is 17.0 Å². The number of methoxy groups -OCH3 is 1. The first-order valence-corrected chi connectivity index (χ1v) is 9.10. The van der Waals surface area contributed by atoms with E-state index in [9.17, 15) is 4.79 Å². The fourth-order valence-electron chi connectivity index (χ4n) is 2.93. The van der Waals surface area contributed by atoms with Crippen molar-refractivity contribution in [2.24, 2.45) is 0 Å². The number of allylic oxidation sites excluding steroid dienone is 1. The lowest BCUT2D eigenvalue weighted by Crippen LogP contribution is -2.20. The molecule has 0 aliphatic heterocycles. The van der Waals surface area contributed by atoms with Crippen LogP contribution in [0.2, 0.25) is 0 Å². The summed E-state index contributed by atoms with van der Waals surface area (Å²) in [5.74, 6) is 1.45. The number of fused-ring (bicyclic) bond motifs is 1. The molecule has 3 aromatic rings. The predicted octanol–water partition coefficient (Wildman–Crippen LogP) is 4.30. The zero-order chi connectivity index (χ0) is 19.1. The smallest absolute Gasteiger partial charge is 0.261 e. The van der Waals surface area contributed by atoms with Gasteiger partial charge in [-0.3, -0.25) is 9.36 Å². The summed E-state index contributed by atoms with van der Waals surface area (Å²) in [6.45, 7) is 3.17. The topological polar surface area (TPSA) is 53.4 Å². The molecule has 5 nitrogen and oxygen atoms in total. The number of aryl methyl sites for hydroxylation is 1. The largest absolute Gasteiger partial charge is 0.493 e. The van der Waals surface area contributed by atoms with Crippen molar-refractivity contribution < 1.29 is 9.47 Å². The minimum absolute atomic E-state index is 0.00255. The average Bonchev–Trinajstić information content (AvgIpc) is 2.70. The zero-order valence-corrected chi connectivity index (χ0v) is 15.7. The van der Waals surface area contributed by atoms with E-state index in [2.05, 4.69) is 4.98 Å². The average molecular weight is 364 g/mol. The standard InChI is InChI=1S/C22H24N2O3/c1-3-8-17-11-12-20(21(15-17)26-2)27-14-7-6-13-24-16-23-19-10-5-4-9-18(19)22(24)25/h3-5,8-12,15-16H,6-7,13-14H2,1-2H3/b8-3-. The van der Waals surface area contributed by atoms with Gasteiger partial charge in [0.2, 0.25) is 0 Å². The Bertz CT molecular complexity index is 992. The van der Waals surface area contributed by atoms with Crippen LogP contribution in [0.15, 0.2) is 59.7 Å². The van der Waals surface area contributed by atoms with Crippen LogP contribution < -0.4 is 15.0 Å². The molecule has 0 spiro atoms. The molecule has 1 heterocycles. The van der Waals surface area contributed by atoms with Crippen LogP contribution in [-0.4, -0.2) is 23.3 Å². The minimum atomic E-state index is 0.00255. The molecular formula is C22H24N2O3. The molecule has 2 aromatic carbocycles. The maximum Gasteiger partial charge on any atom is 0.261 e. The van der Waals surface area contributed by atoms with Gasteiger partial charge in [0, 0.05) is 6.54 Å². The van der Waals surface area contributed by atoms with Crippen molar-refractivity contribution in [1.82, 2.24) is 9.55 Å². The van der Waals surface area contributed by atoms with Crippen molar-refractivity contribution in [1.29, 1.82) is 0 Å². The summed E-state index contributed by atoms with van der Waals surface area (Å²) in [6, 6.07) is 13.3. The number of benzene rings is 2. The lowest BCUT2D eigenvalue weighted by Gasteiger charge is -2.12. The van der Waals surface area contributed by atoms with E-state index >= 15 is 0 Å². The summed E-state index contributed by atoms with van der Waals surface area (Å²) in [7, 11) is 1.64. The molecule has 27 heavy (non-hydrogen) atoms. The summed E-state index contributed by atoms with van der Waals surface area (Å²) < 4.78 is 12.9. The second kappa shape index (κ2) is 9.03. The fraction of sp³-hybridized carbons (Fsp3) is 0.273. The van der Waals surface area contributed by atoms with Crippen LogP contribution in [0.5, 0.6) is 11.5 Å². The van der Waals surface area contributed by atoms with Crippen molar-refractivity contribution in [2.45, 2.75) is 26.3 Å². The van der Waals surface area contributed by atoms with Gasteiger partial charge in [-0.15, -0.1) is 0 Å². The van der Waals surface area contributed by atoms with Crippen LogP contribution in [-0.2, 0) is 6.54 Å². The Labute approximate surface area is 158 Å². The monoisotopic (exact) mass is 364 g/mol. The first kappa shape index (κ1) is 18.7. The third kappa shape index (κ3) is 4.56. The number of ether oxygens (including phenoxy) is 2. The Morgan fingerprint density at radius 3 is 2.78 bits per heavy atom. The van der Waals surface area contributed by atoms with Gasteiger partial charge in [0.1, 0.15) is 0 Å². The summed E-state index contributed by atoms with van der Waals surface area (Å²) in [4.78, 5) is 16.8. The quantitative estimate of drug-likeness (QED) is 0.559. The Morgan fingerprint density at radius 2 is 1.96 bits per heavy atom. The third-order valence-electron chi connectivity index (χ3n) is 4.33. The first-order valence-electron chi connectivity index (χ1n) is 9.10. The highest BCUT2D eigenvalue weighted by molar-refractivity contribution is 5.76. The van der Waals surface area contributed by atoms with Gasteiger partial charge in [0.05, 0.1) is 30.9 Å². The van der Waals surface area contributed by atoms with E-state index in [0.29, 0.717) is 18.5 Å². The molecule has 0 aliphatic rings. The highest BCUT2D eigenvalue weighted by Crippen LogP contribution is 2.28.